The molecular weight excluding hydrogens is 194 g/mol. The standard InChI is InChI=1S/C11H11NO3/c1-8(14)10-3-2-9(7-12)6-11(10)15-5-4-13/h2-3,6,13H,4-5H2,1H3. The van der Waals surface area contributed by atoms with E-state index in [0.717, 1.165) is 0 Å². The third-order valence-electron chi connectivity index (χ3n) is 1.84. The minimum atomic E-state index is -0.132. The second kappa shape index (κ2) is 5.13. The quantitative estimate of drug-likeness (QED) is 0.748. The summed E-state index contributed by atoms with van der Waals surface area (Å²) in [5, 5.41) is 17.3. The molecule has 0 amide bonds. The van der Waals surface area contributed by atoms with Gasteiger partial charge in [0.15, 0.2) is 5.78 Å². The molecule has 0 aromatic heterocycles. The van der Waals surface area contributed by atoms with Crippen LogP contribution in [0.1, 0.15) is 22.8 Å². The highest BCUT2D eigenvalue weighted by Gasteiger charge is 2.09. The number of nitriles is 1. The Bertz CT molecular complexity index is 407. The van der Waals surface area contributed by atoms with Crippen LogP contribution in [0.25, 0.3) is 0 Å². The molecule has 4 heteroatoms. The number of hydrogen-bond donors (Lipinski definition) is 1. The van der Waals surface area contributed by atoms with Crippen molar-refractivity contribution in [1.82, 2.24) is 0 Å². The van der Waals surface area contributed by atoms with Gasteiger partial charge in [0.05, 0.1) is 23.8 Å². The Morgan fingerprint density at radius 1 is 1.60 bits per heavy atom. The zero-order chi connectivity index (χ0) is 11.3. The lowest BCUT2D eigenvalue weighted by molar-refractivity contribution is 0.101. The van der Waals surface area contributed by atoms with Gasteiger partial charge in [0, 0.05) is 0 Å². The number of benzene rings is 1. The summed E-state index contributed by atoms with van der Waals surface area (Å²) in [4.78, 5) is 11.2. The van der Waals surface area contributed by atoms with Crippen molar-refractivity contribution < 1.29 is 14.6 Å². The van der Waals surface area contributed by atoms with Gasteiger partial charge in [-0.05, 0) is 25.1 Å². The number of ether oxygens (including phenoxy) is 1. The molecule has 1 N–H and O–H groups in total. The maximum absolute atomic E-state index is 11.2. The molecule has 0 radical (unpaired) electrons. The number of aliphatic hydroxyl groups is 1. The molecule has 4 nitrogen and oxygen atoms in total. The van der Waals surface area contributed by atoms with Crippen molar-refractivity contribution in [3.63, 3.8) is 0 Å². The molecule has 0 saturated carbocycles. The van der Waals surface area contributed by atoms with Gasteiger partial charge in [0.25, 0.3) is 0 Å². The second-order valence-corrected chi connectivity index (χ2v) is 2.95. The number of rotatable bonds is 4. The van der Waals surface area contributed by atoms with Crippen LogP contribution in [0.4, 0.5) is 0 Å². The second-order valence-electron chi connectivity index (χ2n) is 2.95. The van der Waals surface area contributed by atoms with Crippen molar-refractivity contribution in [3.05, 3.63) is 29.3 Å². The topological polar surface area (TPSA) is 70.3 Å². The molecule has 0 fully saturated rings. The molecule has 0 spiro atoms. The molecular formula is C11H11NO3. The van der Waals surface area contributed by atoms with Crippen LogP contribution in [-0.4, -0.2) is 24.1 Å². The molecule has 0 aliphatic heterocycles. The lowest BCUT2D eigenvalue weighted by atomic mass is 10.1. The van der Waals surface area contributed by atoms with Gasteiger partial charge in [0.1, 0.15) is 12.4 Å². The SMILES string of the molecule is CC(=O)c1ccc(C#N)cc1OCCO. The lowest BCUT2D eigenvalue weighted by Crippen LogP contribution is -2.06. The van der Waals surface area contributed by atoms with E-state index in [-0.39, 0.29) is 19.0 Å². The first kappa shape index (κ1) is 11.2. The van der Waals surface area contributed by atoms with E-state index < -0.39 is 0 Å². The number of carbonyl (C=O) groups excluding carboxylic acids is 1. The van der Waals surface area contributed by atoms with E-state index in [1.807, 2.05) is 6.07 Å². The van der Waals surface area contributed by atoms with Gasteiger partial charge in [-0.1, -0.05) is 0 Å². The van der Waals surface area contributed by atoms with Crippen LogP contribution in [0.5, 0.6) is 5.75 Å². The number of ketones is 1. The summed E-state index contributed by atoms with van der Waals surface area (Å²) in [6, 6.07) is 6.56. The molecule has 0 aliphatic carbocycles. The van der Waals surface area contributed by atoms with E-state index in [1.54, 1.807) is 12.1 Å². The summed E-state index contributed by atoms with van der Waals surface area (Å²) < 4.78 is 5.17. The average molecular weight is 205 g/mol. The molecule has 0 atom stereocenters. The molecule has 0 aliphatic rings. The first-order valence-electron chi connectivity index (χ1n) is 4.47. The third-order valence-corrected chi connectivity index (χ3v) is 1.84. The molecule has 0 bridgehead atoms. The van der Waals surface area contributed by atoms with Gasteiger partial charge in [-0.2, -0.15) is 5.26 Å². The van der Waals surface area contributed by atoms with Gasteiger partial charge < -0.3 is 9.84 Å². The zero-order valence-corrected chi connectivity index (χ0v) is 8.36. The van der Waals surface area contributed by atoms with Gasteiger partial charge in [0.2, 0.25) is 0 Å². The first-order valence-corrected chi connectivity index (χ1v) is 4.47. The molecule has 0 heterocycles. The molecule has 1 rings (SSSR count). The fourth-order valence-electron chi connectivity index (χ4n) is 1.16. The Hall–Kier alpha value is -1.86. The number of carbonyl (C=O) groups is 1. The maximum Gasteiger partial charge on any atom is 0.163 e. The molecule has 1 aromatic carbocycles. The molecule has 0 saturated heterocycles. The number of Topliss-reactive ketones (excluding diaryl/α,β-unsaturated/α-hetero) is 1. The zero-order valence-electron chi connectivity index (χ0n) is 8.36. The fourth-order valence-corrected chi connectivity index (χ4v) is 1.16. The summed E-state index contributed by atoms with van der Waals surface area (Å²) >= 11 is 0. The number of nitrogens with zero attached hydrogens (tertiary/aromatic N) is 1. The highest BCUT2D eigenvalue weighted by atomic mass is 16.5. The summed E-state index contributed by atoms with van der Waals surface area (Å²) in [7, 11) is 0. The van der Waals surface area contributed by atoms with E-state index in [0.29, 0.717) is 16.9 Å². The van der Waals surface area contributed by atoms with E-state index in [2.05, 4.69) is 0 Å². The predicted molar refractivity (Wildman–Crippen MR) is 53.7 cm³/mol. The summed E-state index contributed by atoms with van der Waals surface area (Å²) in [5.74, 6) is 0.211. The van der Waals surface area contributed by atoms with Crippen LogP contribution in [-0.2, 0) is 0 Å². The van der Waals surface area contributed by atoms with Crippen molar-refractivity contribution in [2.75, 3.05) is 13.2 Å². The van der Waals surface area contributed by atoms with E-state index in [9.17, 15) is 4.79 Å². The van der Waals surface area contributed by atoms with E-state index in [1.165, 1.54) is 13.0 Å². The summed E-state index contributed by atoms with van der Waals surface area (Å²) in [6.45, 7) is 1.40. The van der Waals surface area contributed by atoms with Crippen molar-refractivity contribution in [2.24, 2.45) is 0 Å². The first-order chi connectivity index (χ1) is 7.19. The Labute approximate surface area is 87.7 Å². The number of hydrogen-bond acceptors (Lipinski definition) is 4. The minimum Gasteiger partial charge on any atom is -0.490 e. The summed E-state index contributed by atoms with van der Waals surface area (Å²) in [6.07, 6.45) is 0. The Kier molecular flexibility index (Phi) is 3.83. The maximum atomic E-state index is 11.2. The normalized spacial score (nSPS) is 9.40. The number of aliphatic hydroxyl groups excluding tert-OH is 1. The van der Waals surface area contributed by atoms with Crippen LogP contribution in [0, 0.1) is 11.3 Å². The molecule has 1 aromatic rings. The van der Waals surface area contributed by atoms with Crippen LogP contribution in [0.2, 0.25) is 0 Å². The van der Waals surface area contributed by atoms with Crippen molar-refractivity contribution in [3.8, 4) is 11.8 Å². The average Bonchev–Trinajstić information content (AvgIpc) is 2.25. The Morgan fingerprint density at radius 3 is 2.87 bits per heavy atom. The molecule has 78 valence electrons. The summed E-state index contributed by atoms with van der Waals surface area (Å²) in [5.41, 5.74) is 0.843. The van der Waals surface area contributed by atoms with Gasteiger partial charge in [-0.3, -0.25) is 4.79 Å². The van der Waals surface area contributed by atoms with Gasteiger partial charge in [-0.25, -0.2) is 0 Å². The third kappa shape index (κ3) is 2.79. The van der Waals surface area contributed by atoms with E-state index in [4.69, 9.17) is 15.1 Å². The highest BCUT2D eigenvalue weighted by molar-refractivity contribution is 5.97. The van der Waals surface area contributed by atoms with E-state index >= 15 is 0 Å². The monoisotopic (exact) mass is 205 g/mol. The highest BCUT2D eigenvalue weighted by Crippen LogP contribution is 2.20. The van der Waals surface area contributed by atoms with Crippen LogP contribution < -0.4 is 4.74 Å². The van der Waals surface area contributed by atoms with Crippen LogP contribution >= 0.6 is 0 Å². The van der Waals surface area contributed by atoms with Crippen molar-refractivity contribution in [1.29, 1.82) is 5.26 Å². The van der Waals surface area contributed by atoms with Gasteiger partial charge >= 0.3 is 0 Å². The Balaban J connectivity index is 3.06. The van der Waals surface area contributed by atoms with Crippen LogP contribution in [0.15, 0.2) is 18.2 Å². The fraction of sp³-hybridized carbons (Fsp3) is 0.273. The van der Waals surface area contributed by atoms with Crippen molar-refractivity contribution in [2.45, 2.75) is 6.92 Å². The van der Waals surface area contributed by atoms with Crippen LogP contribution in [0.3, 0.4) is 0 Å². The van der Waals surface area contributed by atoms with Crippen molar-refractivity contribution >= 4 is 5.78 Å². The largest absolute Gasteiger partial charge is 0.490 e. The Morgan fingerprint density at radius 2 is 2.33 bits per heavy atom. The lowest BCUT2D eigenvalue weighted by Gasteiger charge is -2.08. The minimum absolute atomic E-state index is 0.106. The molecule has 0 unspecified atom stereocenters. The smallest absolute Gasteiger partial charge is 0.163 e. The molecule has 15 heavy (non-hydrogen) atoms. The predicted octanol–water partition coefficient (Wildman–Crippen LogP) is 1.13. The van der Waals surface area contributed by atoms with Gasteiger partial charge in [-0.15, -0.1) is 0 Å².